The van der Waals surface area contributed by atoms with Crippen molar-refractivity contribution in [2.75, 3.05) is 5.73 Å². The molecule has 1 aliphatic rings. The summed E-state index contributed by atoms with van der Waals surface area (Å²) in [6.45, 7) is 0. The topological polar surface area (TPSA) is 123 Å². The average molecular weight is 371 g/mol. The highest BCUT2D eigenvalue weighted by Crippen LogP contribution is 2.29. The van der Waals surface area contributed by atoms with Crippen molar-refractivity contribution in [3.63, 3.8) is 0 Å². The molecule has 5 rings (SSSR count). The zero-order valence-corrected chi connectivity index (χ0v) is 14.4. The van der Waals surface area contributed by atoms with Crippen LogP contribution >= 0.6 is 0 Å². The fourth-order valence-electron chi connectivity index (χ4n) is 3.48. The number of fused-ring (bicyclic) bond motifs is 2. The van der Waals surface area contributed by atoms with Crippen molar-refractivity contribution in [1.29, 1.82) is 0 Å². The normalized spacial score (nSPS) is 13.0. The maximum atomic E-state index is 12.8. The van der Waals surface area contributed by atoms with E-state index in [1.165, 1.54) is 4.57 Å². The number of imide groups is 1. The fraction of sp³-hybridized carbons (Fsp3) is 0. The van der Waals surface area contributed by atoms with Crippen molar-refractivity contribution in [2.24, 2.45) is 0 Å². The molecule has 136 valence electrons. The molecule has 4 aromatic rings. The van der Waals surface area contributed by atoms with Crippen molar-refractivity contribution < 1.29 is 9.59 Å². The molecule has 0 bridgehead atoms. The van der Waals surface area contributed by atoms with E-state index in [0.29, 0.717) is 17.1 Å². The van der Waals surface area contributed by atoms with Gasteiger partial charge in [-0.05, 0) is 24.3 Å². The van der Waals surface area contributed by atoms with Crippen LogP contribution in [0.1, 0.15) is 20.7 Å². The number of anilines is 1. The lowest BCUT2D eigenvalue weighted by atomic mass is 10.1. The van der Waals surface area contributed by atoms with E-state index in [2.05, 4.69) is 15.3 Å². The van der Waals surface area contributed by atoms with Gasteiger partial charge in [0.2, 0.25) is 0 Å². The molecule has 2 amide bonds. The summed E-state index contributed by atoms with van der Waals surface area (Å²) in [5.74, 6) is -0.771. The second kappa shape index (κ2) is 5.65. The molecule has 0 saturated carbocycles. The van der Waals surface area contributed by atoms with Crippen LogP contribution in [0.5, 0.6) is 0 Å². The van der Waals surface area contributed by atoms with Gasteiger partial charge in [-0.15, -0.1) is 0 Å². The largest absolute Gasteiger partial charge is 0.384 e. The van der Waals surface area contributed by atoms with Gasteiger partial charge in [0.1, 0.15) is 11.6 Å². The highest BCUT2D eigenvalue weighted by atomic mass is 16.2. The van der Waals surface area contributed by atoms with E-state index >= 15 is 0 Å². The number of hydrogen-bond acceptors (Lipinski definition) is 5. The number of carbonyl (C=O) groups excluding carboxylic acids is 2. The van der Waals surface area contributed by atoms with Crippen molar-refractivity contribution >= 4 is 28.7 Å². The van der Waals surface area contributed by atoms with Gasteiger partial charge in [0.15, 0.2) is 0 Å². The number of carbonyl (C=O) groups is 2. The van der Waals surface area contributed by atoms with Crippen LogP contribution < -0.4 is 16.6 Å². The monoisotopic (exact) mass is 371 g/mol. The molecular formula is C20H13N5O3. The Balaban J connectivity index is 1.79. The van der Waals surface area contributed by atoms with Crippen molar-refractivity contribution in [1.82, 2.24) is 19.9 Å². The molecule has 0 saturated heterocycles. The average Bonchev–Trinajstić information content (AvgIpc) is 3.23. The van der Waals surface area contributed by atoms with E-state index in [1.54, 1.807) is 18.2 Å². The Morgan fingerprint density at radius 1 is 0.893 bits per heavy atom. The Hall–Kier alpha value is -4.20. The van der Waals surface area contributed by atoms with Gasteiger partial charge in [-0.3, -0.25) is 24.3 Å². The third kappa shape index (κ3) is 2.18. The van der Waals surface area contributed by atoms with E-state index in [0.717, 1.165) is 17.1 Å². The molecule has 0 fully saturated rings. The molecule has 3 heterocycles. The number of amides is 2. The van der Waals surface area contributed by atoms with Gasteiger partial charge >= 0.3 is 0 Å². The summed E-state index contributed by atoms with van der Waals surface area (Å²) in [7, 11) is 0. The standard InChI is InChI=1S/C20H13N5O3/c21-17-16-11(19(27)24-20(16)28)9-15(26)25(17)14-8-4-1-5-10(14)18-22-12-6-2-3-7-13(12)23-18/h1-9H,21H2,(H,22,23)(H,24,27,28). The van der Waals surface area contributed by atoms with Crippen molar-refractivity contribution in [3.05, 3.63) is 76.1 Å². The highest BCUT2D eigenvalue weighted by Gasteiger charge is 2.32. The summed E-state index contributed by atoms with van der Waals surface area (Å²) in [5, 5.41) is 2.16. The van der Waals surface area contributed by atoms with E-state index in [4.69, 9.17) is 5.73 Å². The lowest BCUT2D eigenvalue weighted by Gasteiger charge is -2.14. The van der Waals surface area contributed by atoms with Crippen LogP contribution in [0, 0.1) is 0 Å². The van der Waals surface area contributed by atoms with E-state index < -0.39 is 17.4 Å². The number of imidazole rings is 1. The maximum absolute atomic E-state index is 12.8. The number of nitrogens with two attached hydrogens (primary N) is 1. The molecule has 0 atom stereocenters. The molecule has 2 aromatic heterocycles. The Labute approximate surface area is 157 Å². The summed E-state index contributed by atoms with van der Waals surface area (Å²) >= 11 is 0. The fourth-order valence-corrected chi connectivity index (χ4v) is 3.48. The van der Waals surface area contributed by atoms with E-state index in [9.17, 15) is 14.4 Å². The molecular weight excluding hydrogens is 358 g/mol. The molecule has 0 unspecified atom stereocenters. The molecule has 0 radical (unpaired) electrons. The third-order valence-electron chi connectivity index (χ3n) is 4.74. The first kappa shape index (κ1) is 16.0. The van der Waals surface area contributed by atoms with Crippen LogP contribution in [0.2, 0.25) is 0 Å². The minimum Gasteiger partial charge on any atom is -0.384 e. The van der Waals surface area contributed by atoms with Gasteiger partial charge in [0.25, 0.3) is 17.4 Å². The molecule has 4 N–H and O–H groups in total. The molecule has 8 nitrogen and oxygen atoms in total. The van der Waals surface area contributed by atoms with Gasteiger partial charge in [0.05, 0.1) is 27.8 Å². The first-order chi connectivity index (χ1) is 13.5. The summed E-state index contributed by atoms with van der Waals surface area (Å²) < 4.78 is 1.22. The van der Waals surface area contributed by atoms with Gasteiger partial charge in [-0.25, -0.2) is 4.98 Å². The third-order valence-corrected chi connectivity index (χ3v) is 4.74. The number of hydrogen-bond donors (Lipinski definition) is 3. The Kier molecular flexibility index (Phi) is 3.23. The van der Waals surface area contributed by atoms with Crippen molar-refractivity contribution in [3.8, 4) is 17.1 Å². The number of benzene rings is 2. The van der Waals surface area contributed by atoms with Crippen molar-refractivity contribution in [2.45, 2.75) is 0 Å². The van der Waals surface area contributed by atoms with Crippen LogP contribution in [0.4, 0.5) is 5.82 Å². The van der Waals surface area contributed by atoms with E-state index in [-0.39, 0.29) is 16.9 Å². The van der Waals surface area contributed by atoms with E-state index in [1.807, 2.05) is 30.3 Å². The lowest BCUT2D eigenvalue weighted by Crippen LogP contribution is -2.24. The van der Waals surface area contributed by atoms with Gasteiger partial charge < -0.3 is 10.7 Å². The highest BCUT2D eigenvalue weighted by molar-refractivity contribution is 6.23. The first-order valence-electron chi connectivity index (χ1n) is 8.50. The number of nitrogens with zero attached hydrogens (tertiary/aromatic N) is 2. The lowest BCUT2D eigenvalue weighted by molar-refractivity contribution is 0.0880. The van der Waals surface area contributed by atoms with Crippen LogP contribution in [0.15, 0.2) is 59.4 Å². The number of nitrogen functional groups attached to an aromatic ring is 1. The van der Waals surface area contributed by atoms with Gasteiger partial charge in [-0.2, -0.15) is 0 Å². The Morgan fingerprint density at radius 3 is 2.46 bits per heavy atom. The zero-order valence-electron chi connectivity index (χ0n) is 14.4. The minimum absolute atomic E-state index is 0.00371. The second-order valence-electron chi connectivity index (χ2n) is 6.39. The summed E-state index contributed by atoms with van der Waals surface area (Å²) in [6, 6.07) is 15.8. The Bertz CT molecular complexity index is 1330. The number of nitrogens with one attached hydrogen (secondary N) is 2. The van der Waals surface area contributed by atoms with Gasteiger partial charge in [-0.1, -0.05) is 24.3 Å². The molecule has 0 aliphatic carbocycles. The summed E-state index contributed by atoms with van der Waals surface area (Å²) in [4.78, 5) is 44.6. The molecule has 0 spiro atoms. The molecule has 2 aromatic carbocycles. The minimum atomic E-state index is -0.624. The van der Waals surface area contributed by atoms with Gasteiger partial charge in [0, 0.05) is 11.6 Å². The number of pyridine rings is 1. The quantitative estimate of drug-likeness (QED) is 0.464. The van der Waals surface area contributed by atoms with Crippen LogP contribution in [0.3, 0.4) is 0 Å². The Morgan fingerprint density at radius 2 is 1.64 bits per heavy atom. The van der Waals surface area contributed by atoms with Crippen LogP contribution in [0.25, 0.3) is 28.1 Å². The SMILES string of the molecule is Nc1c2c(cc(=O)n1-c1ccccc1-c1nc3ccccc3[nH]1)C(=O)NC2=O. The number of aromatic nitrogens is 3. The first-order valence-corrected chi connectivity index (χ1v) is 8.50. The summed E-state index contributed by atoms with van der Waals surface area (Å²) in [5.41, 5.74) is 8.38. The maximum Gasteiger partial charge on any atom is 0.262 e. The number of rotatable bonds is 2. The number of H-pyrrole nitrogens is 1. The second-order valence-corrected chi connectivity index (χ2v) is 6.39. The smallest absolute Gasteiger partial charge is 0.262 e. The molecule has 28 heavy (non-hydrogen) atoms. The number of para-hydroxylation sites is 3. The predicted octanol–water partition coefficient (Wildman–Crippen LogP) is 1.85. The van der Waals surface area contributed by atoms with Crippen LogP contribution in [-0.2, 0) is 0 Å². The van der Waals surface area contributed by atoms with Crippen LogP contribution in [-0.4, -0.2) is 26.3 Å². The summed E-state index contributed by atoms with van der Waals surface area (Å²) in [6.07, 6.45) is 0. The number of aromatic amines is 1. The predicted molar refractivity (Wildman–Crippen MR) is 103 cm³/mol. The molecule has 1 aliphatic heterocycles. The zero-order chi connectivity index (χ0) is 19.4. The molecule has 8 heteroatoms.